The van der Waals surface area contributed by atoms with Crippen molar-refractivity contribution in [3.05, 3.63) is 12.2 Å². The van der Waals surface area contributed by atoms with Gasteiger partial charge in [0.1, 0.15) is 12.2 Å². The van der Waals surface area contributed by atoms with E-state index in [4.69, 9.17) is 0 Å². The van der Waals surface area contributed by atoms with Crippen molar-refractivity contribution in [2.75, 3.05) is 20.6 Å². The summed E-state index contributed by atoms with van der Waals surface area (Å²) in [4.78, 5) is 6.99. The molecule has 2 unspecified atom stereocenters. The van der Waals surface area contributed by atoms with Crippen LogP contribution in [0.3, 0.4) is 0 Å². The van der Waals surface area contributed by atoms with Gasteiger partial charge in [-0.05, 0) is 32.7 Å². The number of hydrogen-bond donors (Lipinski definition) is 2. The van der Waals surface area contributed by atoms with E-state index in [2.05, 4.69) is 49.3 Å². The fraction of sp³-hybridized carbons (Fsp3) is 0.824. The average molecular weight is 333 g/mol. The molecule has 0 amide bonds. The molecule has 2 atom stereocenters. The third-order valence-corrected chi connectivity index (χ3v) is 5.56. The Bertz CT molecular complexity index is 539. The molecule has 0 saturated carbocycles. The number of nitrogens with one attached hydrogen (secondary N) is 2. The van der Waals surface area contributed by atoms with E-state index in [1.54, 1.807) is 6.33 Å². The largest absolute Gasteiger partial charge is 0.355 e. The Morgan fingerprint density at radius 1 is 1.33 bits per heavy atom. The third kappa shape index (κ3) is 3.88. The quantitative estimate of drug-likeness (QED) is 0.622. The van der Waals surface area contributed by atoms with Gasteiger partial charge >= 0.3 is 0 Å². The summed E-state index contributed by atoms with van der Waals surface area (Å²) in [6, 6.07) is 2.00. The van der Waals surface area contributed by atoms with Crippen LogP contribution in [0.25, 0.3) is 0 Å². The van der Waals surface area contributed by atoms with Crippen molar-refractivity contribution in [1.29, 1.82) is 0 Å². The van der Waals surface area contributed by atoms with Crippen molar-refractivity contribution in [3.63, 3.8) is 0 Å². The second-order valence-electron chi connectivity index (χ2n) is 7.01. The first-order valence-corrected chi connectivity index (χ1v) is 9.27. The monoisotopic (exact) mass is 333 g/mol. The first-order valence-electron chi connectivity index (χ1n) is 9.27. The Hall–Kier alpha value is -1.63. The molecule has 3 heterocycles. The van der Waals surface area contributed by atoms with Crippen molar-refractivity contribution in [3.8, 4) is 0 Å². The Balaban J connectivity index is 1.47. The Morgan fingerprint density at radius 2 is 2.08 bits per heavy atom. The molecule has 0 aromatic carbocycles. The summed E-state index contributed by atoms with van der Waals surface area (Å²) in [5.74, 6) is 1.94. The molecule has 1 aromatic rings. The standard InChI is InChI=1S/C17H31N7/c1-4-16-22-20-12-24(16)9-8-19-17(18-2)21-13-10-14-6-5-7-15(11-13)23(14)3/h12-15H,4-11H2,1-3H3,(H2,18,19,21). The van der Waals surface area contributed by atoms with Gasteiger partial charge in [0.2, 0.25) is 0 Å². The molecule has 2 N–H and O–H groups in total. The Labute approximate surface area is 144 Å². The minimum Gasteiger partial charge on any atom is -0.355 e. The molecule has 2 aliphatic heterocycles. The number of hydrogen-bond acceptors (Lipinski definition) is 4. The minimum absolute atomic E-state index is 0.531. The maximum absolute atomic E-state index is 4.40. The highest BCUT2D eigenvalue weighted by molar-refractivity contribution is 5.79. The molecule has 2 saturated heterocycles. The summed E-state index contributed by atoms with van der Waals surface area (Å²) < 4.78 is 2.10. The van der Waals surface area contributed by atoms with Gasteiger partial charge in [0, 0.05) is 44.7 Å². The lowest BCUT2D eigenvalue weighted by Gasteiger charge is -2.47. The number of fused-ring (bicyclic) bond motifs is 2. The van der Waals surface area contributed by atoms with E-state index in [0.29, 0.717) is 6.04 Å². The van der Waals surface area contributed by atoms with Gasteiger partial charge in [0.25, 0.3) is 0 Å². The molecule has 1 aromatic heterocycles. The Kier molecular flexibility index (Phi) is 5.71. The number of nitrogens with zero attached hydrogens (tertiary/aromatic N) is 5. The van der Waals surface area contributed by atoms with Crippen molar-refractivity contribution < 1.29 is 0 Å². The SMILES string of the molecule is CCc1nncn1CCNC(=NC)NC1CC2CCCC(C1)N2C. The van der Waals surface area contributed by atoms with E-state index in [9.17, 15) is 0 Å². The van der Waals surface area contributed by atoms with Crippen molar-refractivity contribution in [2.24, 2.45) is 4.99 Å². The van der Waals surface area contributed by atoms with Gasteiger partial charge in [-0.1, -0.05) is 13.3 Å². The second kappa shape index (κ2) is 7.96. The maximum atomic E-state index is 4.40. The van der Waals surface area contributed by atoms with Gasteiger partial charge in [-0.3, -0.25) is 4.99 Å². The molecule has 7 nitrogen and oxygen atoms in total. The van der Waals surface area contributed by atoms with Crippen molar-refractivity contribution in [1.82, 2.24) is 30.3 Å². The zero-order chi connectivity index (χ0) is 16.9. The lowest BCUT2D eigenvalue weighted by molar-refractivity contribution is 0.0526. The normalized spacial score (nSPS) is 28.0. The van der Waals surface area contributed by atoms with E-state index >= 15 is 0 Å². The van der Waals surface area contributed by atoms with Crippen LogP contribution in [0.1, 0.15) is 44.9 Å². The van der Waals surface area contributed by atoms with Crippen LogP contribution in [-0.4, -0.2) is 64.4 Å². The zero-order valence-corrected chi connectivity index (χ0v) is 15.2. The number of guanidine groups is 1. The van der Waals surface area contributed by atoms with Gasteiger partial charge < -0.3 is 20.1 Å². The van der Waals surface area contributed by atoms with E-state index in [-0.39, 0.29) is 0 Å². The van der Waals surface area contributed by atoms with Crippen LogP contribution in [0.2, 0.25) is 0 Å². The molecule has 7 heteroatoms. The topological polar surface area (TPSA) is 70.4 Å². The van der Waals surface area contributed by atoms with Gasteiger partial charge in [0.05, 0.1) is 0 Å². The summed E-state index contributed by atoms with van der Waals surface area (Å²) in [6.07, 6.45) is 9.21. The fourth-order valence-corrected chi connectivity index (χ4v) is 4.16. The van der Waals surface area contributed by atoms with Gasteiger partial charge in [-0.15, -0.1) is 10.2 Å². The first kappa shape index (κ1) is 17.2. The molecule has 2 bridgehead atoms. The van der Waals surface area contributed by atoms with Crippen LogP contribution < -0.4 is 10.6 Å². The average Bonchev–Trinajstić information content (AvgIpc) is 3.02. The molecule has 134 valence electrons. The summed E-state index contributed by atoms with van der Waals surface area (Å²) in [5, 5.41) is 15.2. The lowest BCUT2D eigenvalue weighted by Crippen LogP contribution is -2.56. The Morgan fingerprint density at radius 3 is 2.75 bits per heavy atom. The number of aromatic nitrogens is 3. The molecule has 0 spiro atoms. The molecule has 2 aliphatic rings. The van der Waals surface area contributed by atoms with Crippen LogP contribution in [0.5, 0.6) is 0 Å². The van der Waals surface area contributed by atoms with Crippen LogP contribution in [-0.2, 0) is 13.0 Å². The van der Waals surface area contributed by atoms with E-state index in [0.717, 1.165) is 43.4 Å². The van der Waals surface area contributed by atoms with E-state index < -0.39 is 0 Å². The fourth-order valence-electron chi connectivity index (χ4n) is 4.16. The highest BCUT2D eigenvalue weighted by Gasteiger charge is 2.36. The summed E-state index contributed by atoms with van der Waals surface area (Å²) in [6.45, 7) is 3.78. The third-order valence-electron chi connectivity index (χ3n) is 5.56. The molecule has 3 rings (SSSR count). The predicted octanol–water partition coefficient (Wildman–Crippen LogP) is 1.02. The van der Waals surface area contributed by atoms with E-state index in [1.807, 2.05) is 7.05 Å². The summed E-state index contributed by atoms with van der Waals surface area (Å²) in [7, 11) is 4.14. The van der Waals surface area contributed by atoms with Crippen LogP contribution in [0.15, 0.2) is 11.3 Å². The first-order chi connectivity index (χ1) is 11.7. The second-order valence-corrected chi connectivity index (χ2v) is 7.01. The number of piperidine rings is 2. The molecule has 0 radical (unpaired) electrons. The van der Waals surface area contributed by atoms with Gasteiger partial charge in [-0.2, -0.15) is 0 Å². The van der Waals surface area contributed by atoms with E-state index in [1.165, 1.54) is 32.1 Å². The highest BCUT2D eigenvalue weighted by atomic mass is 15.3. The number of rotatable bonds is 5. The molecule has 2 fully saturated rings. The lowest BCUT2D eigenvalue weighted by atomic mass is 9.82. The summed E-state index contributed by atoms with van der Waals surface area (Å²) in [5.41, 5.74) is 0. The van der Waals surface area contributed by atoms with Gasteiger partial charge in [0.15, 0.2) is 5.96 Å². The summed E-state index contributed by atoms with van der Waals surface area (Å²) >= 11 is 0. The molecular weight excluding hydrogens is 302 g/mol. The van der Waals surface area contributed by atoms with Crippen LogP contribution >= 0.6 is 0 Å². The van der Waals surface area contributed by atoms with Crippen molar-refractivity contribution in [2.45, 2.75) is 70.1 Å². The predicted molar refractivity (Wildman–Crippen MR) is 96.1 cm³/mol. The highest BCUT2D eigenvalue weighted by Crippen LogP contribution is 2.32. The molecular formula is C17H31N7. The zero-order valence-electron chi connectivity index (χ0n) is 15.2. The van der Waals surface area contributed by atoms with Crippen LogP contribution in [0, 0.1) is 0 Å². The number of aryl methyl sites for hydroxylation is 1. The van der Waals surface area contributed by atoms with Crippen LogP contribution in [0.4, 0.5) is 0 Å². The molecule has 24 heavy (non-hydrogen) atoms. The van der Waals surface area contributed by atoms with Gasteiger partial charge in [-0.25, -0.2) is 0 Å². The number of aliphatic imine (C=N–C) groups is 1. The molecule has 0 aliphatic carbocycles. The van der Waals surface area contributed by atoms with Crippen molar-refractivity contribution >= 4 is 5.96 Å². The minimum atomic E-state index is 0.531. The smallest absolute Gasteiger partial charge is 0.191 e. The maximum Gasteiger partial charge on any atom is 0.191 e.